The molecule has 26 heavy (non-hydrogen) atoms. The molecule has 0 bridgehead atoms. The largest absolute Gasteiger partial charge is 0.467 e. The lowest BCUT2D eigenvalue weighted by Gasteiger charge is -2.16. The highest BCUT2D eigenvalue weighted by atomic mass is 35.5. The van der Waals surface area contributed by atoms with Crippen LogP contribution in [0.3, 0.4) is 0 Å². The van der Waals surface area contributed by atoms with Gasteiger partial charge >= 0.3 is 5.97 Å². The zero-order chi connectivity index (χ0) is 19.5. The van der Waals surface area contributed by atoms with E-state index in [-0.39, 0.29) is 15.5 Å². The molecule has 0 fully saturated rings. The Morgan fingerprint density at radius 1 is 1.42 bits per heavy atom. The molecule has 10 heteroatoms. The van der Waals surface area contributed by atoms with E-state index >= 15 is 0 Å². The summed E-state index contributed by atoms with van der Waals surface area (Å²) in [6.45, 7) is 5.80. The Morgan fingerprint density at radius 2 is 2.12 bits per heavy atom. The number of esters is 1. The summed E-state index contributed by atoms with van der Waals surface area (Å²) in [4.78, 5) is 12.0. The van der Waals surface area contributed by atoms with Gasteiger partial charge in [-0.15, -0.1) is 0 Å². The number of hydrogen-bond acceptors (Lipinski definition) is 6. The molecule has 2 aromatic rings. The Morgan fingerprint density at radius 3 is 2.65 bits per heavy atom. The number of furan rings is 1. The molecule has 0 aliphatic rings. The molecular weight excluding hydrogens is 396 g/mol. The summed E-state index contributed by atoms with van der Waals surface area (Å²) in [5.41, 5.74) is 0.455. The van der Waals surface area contributed by atoms with Crippen molar-refractivity contribution in [2.24, 2.45) is 4.03 Å². The third kappa shape index (κ3) is 5.10. The molecule has 0 amide bonds. The number of halogens is 1. The van der Waals surface area contributed by atoms with E-state index in [2.05, 4.69) is 9.35 Å². The van der Waals surface area contributed by atoms with E-state index in [1.165, 1.54) is 25.5 Å². The maximum absolute atomic E-state index is 12.7. The first-order valence-electron chi connectivity index (χ1n) is 7.72. The molecule has 1 atom stereocenters. The van der Waals surface area contributed by atoms with Crippen molar-refractivity contribution in [3.8, 4) is 0 Å². The minimum Gasteiger partial charge on any atom is -0.467 e. The van der Waals surface area contributed by atoms with Crippen molar-refractivity contribution in [2.75, 3.05) is 12.4 Å². The lowest BCUT2D eigenvalue weighted by Crippen LogP contribution is -2.20. The monoisotopic (exact) mass is 416 g/mol. The molecule has 0 aliphatic heterocycles. The fourth-order valence-electron chi connectivity index (χ4n) is 2.20. The lowest BCUT2D eigenvalue weighted by molar-refractivity contribution is 0.0601. The van der Waals surface area contributed by atoms with Gasteiger partial charge in [0, 0.05) is 0 Å². The van der Waals surface area contributed by atoms with Gasteiger partial charge in [0.15, 0.2) is 18.2 Å². The Labute approximate surface area is 158 Å². The van der Waals surface area contributed by atoms with E-state index in [9.17, 15) is 13.6 Å². The summed E-state index contributed by atoms with van der Waals surface area (Å²) >= 11 is 6.22. The summed E-state index contributed by atoms with van der Waals surface area (Å²) in [7, 11) is -4.73. The molecule has 0 saturated heterocycles. The van der Waals surface area contributed by atoms with Crippen molar-refractivity contribution in [1.82, 2.24) is 0 Å². The van der Waals surface area contributed by atoms with Gasteiger partial charge in [0.1, 0.15) is 5.76 Å². The summed E-state index contributed by atoms with van der Waals surface area (Å²) < 4.78 is 37.2. The number of rotatable bonds is 6. The van der Waals surface area contributed by atoms with Gasteiger partial charge in [0.05, 0.1) is 41.1 Å². The molecule has 0 aliphatic carbocycles. The van der Waals surface area contributed by atoms with Crippen molar-refractivity contribution in [2.45, 2.75) is 31.1 Å². The molecule has 1 heterocycles. The van der Waals surface area contributed by atoms with Crippen LogP contribution in [0.4, 0.5) is 5.69 Å². The first-order valence-corrected chi connectivity index (χ1v) is 13.0. The summed E-state index contributed by atoms with van der Waals surface area (Å²) in [5, 5.41) is 3.06. The van der Waals surface area contributed by atoms with Crippen LogP contribution in [-0.4, -0.2) is 30.1 Å². The van der Waals surface area contributed by atoms with Crippen LogP contribution in [0.5, 0.6) is 0 Å². The highest BCUT2D eigenvalue weighted by molar-refractivity contribution is 7.89. The minimum atomic E-state index is -3.74. The molecule has 0 saturated carbocycles. The van der Waals surface area contributed by atoms with Gasteiger partial charge in [0.25, 0.3) is 0 Å². The predicted octanol–water partition coefficient (Wildman–Crippen LogP) is 4.47. The van der Waals surface area contributed by atoms with Gasteiger partial charge < -0.3 is 14.5 Å². The predicted molar refractivity (Wildman–Crippen MR) is 104 cm³/mol. The van der Waals surface area contributed by atoms with Gasteiger partial charge in [-0.05, 0) is 43.9 Å². The summed E-state index contributed by atoms with van der Waals surface area (Å²) in [6, 6.07) is 6.19. The molecule has 1 aromatic carbocycles. The van der Waals surface area contributed by atoms with Gasteiger partial charge in [-0.25, -0.2) is 9.00 Å². The highest BCUT2D eigenvalue weighted by Gasteiger charge is 2.24. The first kappa shape index (κ1) is 20.5. The normalized spacial score (nSPS) is 13.8. The molecule has 7 nitrogen and oxygen atoms in total. The topological polar surface area (TPSA) is 101 Å². The average molecular weight is 417 g/mol. The maximum Gasteiger partial charge on any atom is 0.340 e. The van der Waals surface area contributed by atoms with Gasteiger partial charge in [0.2, 0.25) is 0 Å². The molecule has 1 aromatic heterocycles. The SMILES string of the molecule is COC(=O)c1cc(S(=O)(O)=N[Si](C)(C)C)c(Cl)cc1NCc1ccco1. The second-order valence-corrected chi connectivity index (χ2v) is 13.4. The smallest absolute Gasteiger partial charge is 0.340 e. The number of nitrogens with zero attached hydrogens (tertiary/aromatic N) is 1. The zero-order valence-corrected chi connectivity index (χ0v) is 17.5. The molecule has 142 valence electrons. The van der Waals surface area contributed by atoms with E-state index < -0.39 is 24.2 Å². The third-order valence-corrected chi connectivity index (χ3v) is 7.71. The minimum absolute atomic E-state index is 0.0362. The van der Waals surface area contributed by atoms with Gasteiger partial charge in [-0.3, -0.25) is 8.58 Å². The second-order valence-electron chi connectivity index (χ2n) is 6.51. The molecule has 1 unspecified atom stereocenters. The Kier molecular flexibility index (Phi) is 6.17. The number of hydrogen-bond donors (Lipinski definition) is 2. The molecule has 2 rings (SSSR count). The van der Waals surface area contributed by atoms with Gasteiger partial charge in [-0.2, -0.15) is 0 Å². The van der Waals surface area contributed by atoms with Gasteiger partial charge in [-0.1, -0.05) is 11.6 Å². The zero-order valence-electron chi connectivity index (χ0n) is 14.9. The van der Waals surface area contributed by atoms with Crippen molar-refractivity contribution in [3.63, 3.8) is 0 Å². The fourth-order valence-corrected chi connectivity index (χ4v) is 6.61. The van der Waals surface area contributed by atoms with E-state index in [0.29, 0.717) is 18.0 Å². The van der Waals surface area contributed by atoms with E-state index in [0.717, 1.165) is 0 Å². The standard InChI is InChI=1S/C16H21ClN2O5SSi/c1-23-16(20)12-8-15(25(21,22)19-26(2,3)4)13(17)9-14(12)18-10-11-6-5-7-24-11/h5-9,18H,10H2,1-4H3,(H,19,21,22). The van der Waals surface area contributed by atoms with Crippen molar-refractivity contribution in [3.05, 3.63) is 46.9 Å². The van der Waals surface area contributed by atoms with Crippen LogP contribution in [0.2, 0.25) is 24.7 Å². The van der Waals surface area contributed by atoms with Crippen LogP contribution in [0.15, 0.2) is 43.9 Å². The fraction of sp³-hybridized carbons (Fsp3) is 0.312. The van der Waals surface area contributed by atoms with E-state index in [4.69, 9.17) is 20.8 Å². The molecule has 0 spiro atoms. The Bertz CT molecular complexity index is 915. The number of benzene rings is 1. The number of anilines is 1. The first-order chi connectivity index (χ1) is 12.0. The van der Waals surface area contributed by atoms with Crippen LogP contribution >= 0.6 is 11.6 Å². The molecular formula is C16H21ClN2O5SSi. The molecule has 0 radical (unpaired) electrons. The summed E-state index contributed by atoms with van der Waals surface area (Å²) in [6.07, 6.45) is 1.53. The third-order valence-electron chi connectivity index (χ3n) is 3.19. The maximum atomic E-state index is 12.7. The van der Waals surface area contributed by atoms with Crippen LogP contribution in [0, 0.1) is 0 Å². The van der Waals surface area contributed by atoms with Crippen LogP contribution in [0.1, 0.15) is 16.1 Å². The van der Waals surface area contributed by atoms with Crippen LogP contribution < -0.4 is 5.32 Å². The molecule has 2 N–H and O–H groups in total. The quantitative estimate of drug-likeness (QED) is 0.532. The highest BCUT2D eigenvalue weighted by Crippen LogP contribution is 2.31. The van der Waals surface area contributed by atoms with E-state index in [1.807, 2.05) is 19.6 Å². The van der Waals surface area contributed by atoms with E-state index in [1.54, 1.807) is 12.1 Å². The summed E-state index contributed by atoms with van der Waals surface area (Å²) in [5.74, 6) is -0.00577. The number of methoxy groups -OCH3 is 1. The number of ether oxygens (including phenoxy) is 1. The van der Waals surface area contributed by atoms with Crippen LogP contribution in [0.25, 0.3) is 0 Å². The number of nitrogens with one attached hydrogen (secondary N) is 1. The van der Waals surface area contributed by atoms with Crippen molar-refractivity contribution < 1.29 is 22.7 Å². The number of carbonyl (C=O) groups is 1. The van der Waals surface area contributed by atoms with Crippen molar-refractivity contribution >= 4 is 41.5 Å². The second kappa shape index (κ2) is 7.83. The number of carbonyl (C=O) groups excluding carboxylic acids is 1. The Balaban J connectivity index is 2.52. The average Bonchev–Trinajstić information content (AvgIpc) is 3.03. The van der Waals surface area contributed by atoms with Crippen molar-refractivity contribution in [1.29, 1.82) is 0 Å². The van der Waals surface area contributed by atoms with Crippen LogP contribution in [-0.2, 0) is 21.3 Å². The lowest BCUT2D eigenvalue weighted by atomic mass is 10.1. The Hall–Kier alpha value is -1.81.